The molecule has 2 aromatic rings. The van der Waals surface area contributed by atoms with E-state index in [0.29, 0.717) is 0 Å². The molecule has 2 rings (SSSR count). The number of benzene rings is 2. The highest BCUT2D eigenvalue weighted by atomic mass is 32.2. The van der Waals surface area contributed by atoms with Gasteiger partial charge in [-0.05, 0) is 24.3 Å². The van der Waals surface area contributed by atoms with Crippen molar-refractivity contribution in [3.8, 4) is 11.5 Å². The quantitative estimate of drug-likeness (QED) is 0.811. The second-order valence-electron chi connectivity index (χ2n) is 3.85. The average molecular weight is 318 g/mol. The summed E-state index contributed by atoms with van der Waals surface area (Å²) < 4.78 is 69.4. The topological polar surface area (TPSA) is 52.6 Å². The first-order valence-electron chi connectivity index (χ1n) is 5.62. The van der Waals surface area contributed by atoms with Gasteiger partial charge >= 0.3 is 16.5 Å². The minimum atomic E-state index is -5.00. The fraction of sp³-hybridized carbons (Fsp3) is 0.0769. The molecule has 8 heteroatoms. The summed E-state index contributed by atoms with van der Waals surface area (Å²) in [5.74, 6) is -0.861. The van der Waals surface area contributed by atoms with Gasteiger partial charge in [-0.3, -0.25) is 0 Å². The predicted octanol–water partition coefficient (Wildman–Crippen LogP) is 3.35. The molecule has 21 heavy (non-hydrogen) atoms. The number of alkyl halides is 3. The van der Waals surface area contributed by atoms with Crippen molar-refractivity contribution < 1.29 is 30.5 Å². The first-order valence-corrected chi connectivity index (χ1v) is 7.03. The Bertz CT molecular complexity index is 712. The molecule has 0 amide bonds. The number of rotatable bonds is 4. The van der Waals surface area contributed by atoms with Gasteiger partial charge in [0.25, 0.3) is 0 Å². The zero-order valence-electron chi connectivity index (χ0n) is 10.4. The van der Waals surface area contributed by atoms with E-state index in [0.717, 1.165) is 12.1 Å². The van der Waals surface area contributed by atoms with Crippen molar-refractivity contribution in [1.82, 2.24) is 0 Å². The molecule has 0 saturated heterocycles. The molecule has 0 aromatic heterocycles. The van der Waals surface area contributed by atoms with E-state index in [1.807, 2.05) is 0 Å². The van der Waals surface area contributed by atoms with Gasteiger partial charge in [0.15, 0.2) is 5.75 Å². The first-order chi connectivity index (χ1) is 9.78. The van der Waals surface area contributed by atoms with Crippen molar-refractivity contribution in [2.75, 3.05) is 0 Å². The van der Waals surface area contributed by atoms with Crippen LogP contribution in [0.1, 0.15) is 0 Å². The van der Waals surface area contributed by atoms with Crippen LogP contribution < -0.4 is 8.92 Å². The summed E-state index contributed by atoms with van der Waals surface area (Å²) in [4.78, 5) is -0.703. The molecule has 0 N–H and O–H groups in total. The minimum absolute atomic E-state index is 0.0145. The van der Waals surface area contributed by atoms with E-state index < -0.39 is 27.1 Å². The van der Waals surface area contributed by atoms with E-state index >= 15 is 0 Å². The summed E-state index contributed by atoms with van der Waals surface area (Å²) in [5.41, 5.74) is 0. The van der Waals surface area contributed by atoms with E-state index in [-0.39, 0.29) is 5.75 Å². The Hall–Kier alpha value is -2.22. The van der Waals surface area contributed by atoms with Gasteiger partial charge in [-0.25, -0.2) is 0 Å². The second-order valence-corrected chi connectivity index (χ2v) is 5.36. The average Bonchev–Trinajstić information content (AvgIpc) is 2.38. The molecule has 0 aliphatic rings. The van der Waals surface area contributed by atoms with Gasteiger partial charge in [0.05, 0.1) is 0 Å². The van der Waals surface area contributed by atoms with Crippen LogP contribution in [0.3, 0.4) is 0 Å². The monoisotopic (exact) mass is 318 g/mol. The smallest absolute Gasteiger partial charge is 0.404 e. The molecule has 0 saturated carbocycles. The van der Waals surface area contributed by atoms with Gasteiger partial charge in [0, 0.05) is 0 Å². The van der Waals surface area contributed by atoms with Gasteiger partial charge in [0.1, 0.15) is 10.6 Å². The van der Waals surface area contributed by atoms with Gasteiger partial charge < -0.3 is 8.92 Å². The molecular formula is C13H9F3O4S. The molecule has 0 aliphatic heterocycles. The summed E-state index contributed by atoms with van der Waals surface area (Å²) in [6.07, 6.45) is -5.00. The van der Waals surface area contributed by atoms with Crippen LogP contribution >= 0.6 is 0 Å². The Balaban J connectivity index is 2.37. The zero-order valence-corrected chi connectivity index (χ0v) is 11.2. The van der Waals surface area contributed by atoms with Crippen LogP contribution in [0.5, 0.6) is 11.5 Å². The number of halogens is 3. The molecule has 0 aliphatic carbocycles. The summed E-state index contributed by atoms with van der Waals surface area (Å²) in [6.45, 7) is 0. The Labute approximate surface area is 118 Å². The van der Waals surface area contributed by atoms with Crippen molar-refractivity contribution in [1.29, 1.82) is 0 Å². The lowest BCUT2D eigenvalue weighted by Crippen LogP contribution is -2.20. The molecule has 0 heterocycles. The molecule has 4 nitrogen and oxygen atoms in total. The maximum absolute atomic E-state index is 12.3. The standard InChI is InChI=1S/C13H9F3O4S/c14-13(15,16)19-11-8-4-5-9-12(11)21(17,18)20-10-6-2-1-3-7-10/h1-9H. The Morgan fingerprint density at radius 1 is 0.857 bits per heavy atom. The lowest BCUT2D eigenvalue weighted by atomic mass is 10.3. The predicted molar refractivity (Wildman–Crippen MR) is 67.4 cm³/mol. The molecule has 0 spiro atoms. The fourth-order valence-electron chi connectivity index (χ4n) is 1.51. The van der Waals surface area contributed by atoms with Crippen LogP contribution in [-0.4, -0.2) is 14.8 Å². The van der Waals surface area contributed by atoms with Crippen molar-refractivity contribution in [3.05, 3.63) is 54.6 Å². The fourth-order valence-corrected chi connectivity index (χ4v) is 2.57. The second kappa shape index (κ2) is 5.65. The molecule has 0 unspecified atom stereocenters. The van der Waals surface area contributed by atoms with Crippen LogP contribution in [0, 0.1) is 0 Å². The summed E-state index contributed by atoms with van der Waals surface area (Å²) in [6, 6.07) is 11.8. The minimum Gasteiger partial charge on any atom is -0.404 e. The van der Waals surface area contributed by atoms with Crippen molar-refractivity contribution in [3.63, 3.8) is 0 Å². The van der Waals surface area contributed by atoms with Crippen LogP contribution in [0.15, 0.2) is 59.5 Å². The van der Waals surface area contributed by atoms with Crippen molar-refractivity contribution in [2.45, 2.75) is 11.3 Å². The van der Waals surface area contributed by atoms with Gasteiger partial charge in [-0.15, -0.1) is 13.2 Å². The molecule has 0 radical (unpaired) electrons. The van der Waals surface area contributed by atoms with Crippen LogP contribution in [0.4, 0.5) is 13.2 Å². The zero-order chi connectivity index (χ0) is 15.5. The number of para-hydroxylation sites is 2. The Morgan fingerprint density at radius 3 is 2.05 bits per heavy atom. The van der Waals surface area contributed by atoms with E-state index in [9.17, 15) is 21.6 Å². The van der Waals surface area contributed by atoms with Crippen LogP contribution in [-0.2, 0) is 10.1 Å². The van der Waals surface area contributed by atoms with Gasteiger partial charge in [0.2, 0.25) is 0 Å². The SMILES string of the molecule is O=S(=O)(Oc1ccccc1)c1ccccc1OC(F)(F)F. The van der Waals surface area contributed by atoms with E-state index in [2.05, 4.69) is 4.74 Å². The highest BCUT2D eigenvalue weighted by Gasteiger charge is 2.34. The van der Waals surface area contributed by atoms with Gasteiger partial charge in [-0.1, -0.05) is 30.3 Å². The number of ether oxygens (including phenoxy) is 1. The highest BCUT2D eigenvalue weighted by molar-refractivity contribution is 7.87. The Kier molecular flexibility index (Phi) is 4.08. The maximum atomic E-state index is 12.3. The van der Waals surface area contributed by atoms with E-state index in [1.54, 1.807) is 6.07 Å². The highest BCUT2D eigenvalue weighted by Crippen LogP contribution is 2.30. The number of hydrogen-bond acceptors (Lipinski definition) is 4. The normalized spacial score (nSPS) is 12.0. The largest absolute Gasteiger partial charge is 0.573 e. The summed E-state index contributed by atoms with van der Waals surface area (Å²) >= 11 is 0. The van der Waals surface area contributed by atoms with E-state index in [1.165, 1.54) is 36.4 Å². The molecule has 0 atom stereocenters. The summed E-state index contributed by atoms with van der Waals surface area (Å²) in [7, 11) is -4.44. The third-order valence-electron chi connectivity index (χ3n) is 2.29. The molecular weight excluding hydrogens is 309 g/mol. The van der Waals surface area contributed by atoms with Crippen LogP contribution in [0.2, 0.25) is 0 Å². The molecule has 112 valence electrons. The molecule has 0 fully saturated rings. The van der Waals surface area contributed by atoms with Crippen molar-refractivity contribution in [2.24, 2.45) is 0 Å². The van der Waals surface area contributed by atoms with Crippen molar-refractivity contribution >= 4 is 10.1 Å². The lowest BCUT2D eigenvalue weighted by Gasteiger charge is -2.13. The molecule has 0 bridgehead atoms. The maximum Gasteiger partial charge on any atom is 0.573 e. The van der Waals surface area contributed by atoms with E-state index in [4.69, 9.17) is 4.18 Å². The Morgan fingerprint density at radius 2 is 1.43 bits per heavy atom. The molecule has 2 aromatic carbocycles. The lowest BCUT2D eigenvalue weighted by molar-refractivity contribution is -0.275. The van der Waals surface area contributed by atoms with Gasteiger partial charge in [-0.2, -0.15) is 8.42 Å². The summed E-state index contributed by atoms with van der Waals surface area (Å²) in [5, 5.41) is 0. The number of hydrogen-bond donors (Lipinski definition) is 0. The van der Waals surface area contributed by atoms with Crippen LogP contribution in [0.25, 0.3) is 0 Å². The third-order valence-corrected chi connectivity index (χ3v) is 3.58. The third kappa shape index (κ3) is 4.12. The first kappa shape index (κ1) is 15.2.